The monoisotopic (exact) mass is 282 g/mol. The molecule has 1 aromatic carbocycles. The molecule has 1 heterocycles. The molecule has 5 heteroatoms. The third-order valence-corrected chi connectivity index (χ3v) is 3.11. The summed E-state index contributed by atoms with van der Waals surface area (Å²) in [6.45, 7) is 4.75. The number of nitriles is 1. The molecule has 21 heavy (non-hydrogen) atoms. The van der Waals surface area contributed by atoms with Crippen molar-refractivity contribution in [3.8, 4) is 11.8 Å². The van der Waals surface area contributed by atoms with Gasteiger partial charge in [0.1, 0.15) is 11.8 Å². The number of rotatable bonds is 6. The Morgan fingerprint density at radius 2 is 2.00 bits per heavy atom. The van der Waals surface area contributed by atoms with Crippen LogP contribution in [0.15, 0.2) is 36.7 Å². The Morgan fingerprint density at radius 1 is 1.24 bits per heavy atom. The van der Waals surface area contributed by atoms with Crippen LogP contribution in [0.4, 0.5) is 0 Å². The Labute approximate surface area is 124 Å². The standard InChI is InChI=1S/C16H18N4O/c1-12-9-20-15(10-18-12)11-19-13(2)14-3-5-16(6-4-14)21-8-7-17/h3-6,9-10,13,19H,8,11H2,1-2H3. The topological polar surface area (TPSA) is 70.8 Å². The Morgan fingerprint density at radius 3 is 2.62 bits per heavy atom. The molecule has 0 saturated heterocycles. The fraction of sp³-hybridized carbons (Fsp3) is 0.312. The number of hydrogen-bond donors (Lipinski definition) is 1. The molecule has 0 saturated carbocycles. The highest BCUT2D eigenvalue weighted by Gasteiger charge is 2.06. The predicted molar refractivity (Wildman–Crippen MR) is 79.6 cm³/mol. The van der Waals surface area contributed by atoms with Crippen molar-refractivity contribution in [2.24, 2.45) is 0 Å². The van der Waals surface area contributed by atoms with Crippen LogP contribution in [0.2, 0.25) is 0 Å². The first-order chi connectivity index (χ1) is 10.2. The third kappa shape index (κ3) is 4.55. The maximum atomic E-state index is 8.47. The molecule has 1 unspecified atom stereocenters. The first kappa shape index (κ1) is 14.9. The van der Waals surface area contributed by atoms with Crippen LogP contribution in [0.3, 0.4) is 0 Å². The second kappa shape index (κ2) is 7.36. The second-order valence-electron chi connectivity index (χ2n) is 4.77. The minimum Gasteiger partial charge on any atom is -0.479 e. The van der Waals surface area contributed by atoms with Gasteiger partial charge in [-0.15, -0.1) is 0 Å². The average Bonchev–Trinajstić information content (AvgIpc) is 2.52. The molecular weight excluding hydrogens is 264 g/mol. The summed E-state index contributed by atoms with van der Waals surface area (Å²) in [6.07, 6.45) is 3.55. The van der Waals surface area contributed by atoms with Crippen molar-refractivity contribution in [3.05, 3.63) is 53.6 Å². The molecule has 5 nitrogen and oxygen atoms in total. The van der Waals surface area contributed by atoms with Crippen molar-refractivity contribution in [2.45, 2.75) is 26.4 Å². The Hall–Kier alpha value is -2.45. The van der Waals surface area contributed by atoms with Crippen LogP contribution in [0, 0.1) is 18.3 Å². The van der Waals surface area contributed by atoms with Gasteiger partial charge in [0.15, 0.2) is 6.61 Å². The maximum absolute atomic E-state index is 8.47. The minimum atomic E-state index is 0.0687. The fourth-order valence-corrected chi connectivity index (χ4v) is 1.85. The molecule has 108 valence electrons. The van der Waals surface area contributed by atoms with Crippen LogP contribution in [-0.2, 0) is 6.54 Å². The lowest BCUT2D eigenvalue weighted by molar-refractivity contribution is 0.368. The molecule has 1 aromatic heterocycles. The fourth-order valence-electron chi connectivity index (χ4n) is 1.85. The van der Waals surface area contributed by atoms with Gasteiger partial charge in [0.25, 0.3) is 0 Å². The molecule has 0 amide bonds. The van der Waals surface area contributed by atoms with E-state index in [0.717, 1.165) is 17.0 Å². The van der Waals surface area contributed by atoms with E-state index in [9.17, 15) is 0 Å². The largest absolute Gasteiger partial charge is 0.479 e. The zero-order chi connectivity index (χ0) is 15.1. The third-order valence-electron chi connectivity index (χ3n) is 3.11. The van der Waals surface area contributed by atoms with Gasteiger partial charge in [0.2, 0.25) is 0 Å². The van der Waals surface area contributed by atoms with Gasteiger partial charge in [0.05, 0.1) is 11.4 Å². The normalized spacial score (nSPS) is 11.7. The second-order valence-corrected chi connectivity index (χ2v) is 4.77. The van der Waals surface area contributed by atoms with Gasteiger partial charge in [-0.05, 0) is 31.5 Å². The van der Waals surface area contributed by atoms with Crippen molar-refractivity contribution < 1.29 is 4.74 Å². The van der Waals surface area contributed by atoms with Gasteiger partial charge >= 0.3 is 0 Å². The SMILES string of the molecule is Cc1cnc(CNC(C)c2ccc(OCC#N)cc2)cn1. The molecule has 0 spiro atoms. The van der Waals surface area contributed by atoms with Crippen molar-refractivity contribution in [2.75, 3.05) is 6.61 Å². The van der Waals surface area contributed by atoms with Crippen LogP contribution in [0.5, 0.6) is 5.75 Å². The lowest BCUT2D eigenvalue weighted by Crippen LogP contribution is -2.18. The molecular formula is C16H18N4O. The van der Waals surface area contributed by atoms with Gasteiger partial charge < -0.3 is 10.1 Å². The van der Waals surface area contributed by atoms with Crippen molar-refractivity contribution in [1.82, 2.24) is 15.3 Å². The van der Waals surface area contributed by atoms with Gasteiger partial charge in [-0.2, -0.15) is 5.26 Å². The van der Waals surface area contributed by atoms with Crippen LogP contribution >= 0.6 is 0 Å². The number of ether oxygens (including phenoxy) is 1. The summed E-state index contributed by atoms with van der Waals surface area (Å²) >= 11 is 0. The summed E-state index contributed by atoms with van der Waals surface area (Å²) in [6, 6.07) is 9.87. The highest BCUT2D eigenvalue weighted by atomic mass is 16.5. The summed E-state index contributed by atoms with van der Waals surface area (Å²) in [5.74, 6) is 0.705. The van der Waals surface area contributed by atoms with Crippen molar-refractivity contribution in [3.63, 3.8) is 0 Å². The van der Waals surface area contributed by atoms with E-state index in [1.165, 1.54) is 0 Å². The average molecular weight is 282 g/mol. The van der Waals surface area contributed by atoms with Crippen molar-refractivity contribution >= 4 is 0 Å². The molecule has 0 bridgehead atoms. The first-order valence-electron chi connectivity index (χ1n) is 6.79. The number of nitrogens with zero attached hydrogens (tertiary/aromatic N) is 3. The molecule has 0 aliphatic carbocycles. The van der Waals surface area contributed by atoms with E-state index in [4.69, 9.17) is 10.00 Å². The number of aryl methyl sites for hydroxylation is 1. The molecule has 1 atom stereocenters. The number of nitrogens with one attached hydrogen (secondary N) is 1. The van der Waals surface area contributed by atoms with E-state index in [1.54, 1.807) is 12.4 Å². The lowest BCUT2D eigenvalue weighted by atomic mass is 10.1. The first-order valence-corrected chi connectivity index (χ1v) is 6.79. The van der Waals surface area contributed by atoms with E-state index in [-0.39, 0.29) is 12.6 Å². The van der Waals surface area contributed by atoms with Crippen LogP contribution in [-0.4, -0.2) is 16.6 Å². The van der Waals surface area contributed by atoms with Crippen LogP contribution in [0.25, 0.3) is 0 Å². The van der Waals surface area contributed by atoms with Gasteiger partial charge in [-0.1, -0.05) is 12.1 Å². The Bertz CT molecular complexity index is 602. The molecule has 0 fully saturated rings. The Kier molecular flexibility index (Phi) is 5.24. The van der Waals surface area contributed by atoms with E-state index in [2.05, 4.69) is 22.2 Å². The molecule has 0 aliphatic rings. The molecule has 1 N–H and O–H groups in total. The highest BCUT2D eigenvalue weighted by Crippen LogP contribution is 2.17. The molecule has 2 rings (SSSR count). The highest BCUT2D eigenvalue weighted by molar-refractivity contribution is 5.29. The number of hydrogen-bond acceptors (Lipinski definition) is 5. The summed E-state index contributed by atoms with van der Waals surface area (Å²) in [4.78, 5) is 8.54. The summed E-state index contributed by atoms with van der Waals surface area (Å²) in [5.41, 5.74) is 2.99. The lowest BCUT2D eigenvalue weighted by Gasteiger charge is -2.14. The van der Waals surface area contributed by atoms with Gasteiger partial charge in [0, 0.05) is 25.0 Å². The zero-order valence-electron chi connectivity index (χ0n) is 12.2. The van der Waals surface area contributed by atoms with Crippen LogP contribution < -0.4 is 10.1 Å². The predicted octanol–water partition coefficient (Wildman–Crippen LogP) is 2.54. The van der Waals surface area contributed by atoms with Gasteiger partial charge in [-0.3, -0.25) is 9.97 Å². The molecule has 2 aromatic rings. The molecule has 0 aliphatic heterocycles. The Balaban J connectivity index is 1.89. The number of aromatic nitrogens is 2. The number of benzene rings is 1. The maximum Gasteiger partial charge on any atom is 0.174 e. The summed E-state index contributed by atoms with van der Waals surface area (Å²) in [7, 11) is 0. The van der Waals surface area contributed by atoms with Crippen molar-refractivity contribution in [1.29, 1.82) is 5.26 Å². The zero-order valence-corrected chi connectivity index (χ0v) is 12.2. The van der Waals surface area contributed by atoms with E-state index in [1.807, 2.05) is 37.3 Å². The van der Waals surface area contributed by atoms with E-state index in [0.29, 0.717) is 12.3 Å². The van der Waals surface area contributed by atoms with Gasteiger partial charge in [-0.25, -0.2) is 0 Å². The minimum absolute atomic E-state index is 0.0687. The summed E-state index contributed by atoms with van der Waals surface area (Å²) in [5, 5.41) is 11.9. The van der Waals surface area contributed by atoms with Crippen LogP contribution in [0.1, 0.15) is 29.9 Å². The summed E-state index contributed by atoms with van der Waals surface area (Å²) < 4.78 is 5.23. The molecule has 0 radical (unpaired) electrons. The van der Waals surface area contributed by atoms with E-state index >= 15 is 0 Å². The quantitative estimate of drug-likeness (QED) is 0.881. The smallest absolute Gasteiger partial charge is 0.174 e. The van der Waals surface area contributed by atoms with E-state index < -0.39 is 0 Å².